The summed E-state index contributed by atoms with van der Waals surface area (Å²) >= 11 is 0. The van der Waals surface area contributed by atoms with Crippen LogP contribution >= 0.6 is 0 Å². The van der Waals surface area contributed by atoms with E-state index < -0.39 is 0 Å². The highest BCUT2D eigenvalue weighted by Crippen LogP contribution is 2.36. The molecule has 0 saturated carbocycles. The number of hydrogen-bond donors (Lipinski definition) is 0. The van der Waals surface area contributed by atoms with Gasteiger partial charge in [-0.15, -0.1) is 0 Å². The zero-order valence-corrected chi connectivity index (χ0v) is 20.2. The number of methoxy groups -OCH3 is 1. The zero-order valence-electron chi connectivity index (χ0n) is 20.2. The number of ether oxygens (including phenoxy) is 4. The summed E-state index contributed by atoms with van der Waals surface area (Å²) in [4.78, 5) is 13.2. The quantitative estimate of drug-likeness (QED) is 0.310. The van der Waals surface area contributed by atoms with Crippen LogP contribution in [-0.2, 0) is 0 Å². The van der Waals surface area contributed by atoms with Crippen molar-refractivity contribution in [2.24, 2.45) is 0 Å². The summed E-state index contributed by atoms with van der Waals surface area (Å²) in [6.45, 7) is 18.1. The van der Waals surface area contributed by atoms with Crippen LogP contribution in [0.5, 0.6) is 23.0 Å². The highest BCUT2D eigenvalue weighted by Gasteiger charge is 2.16. The summed E-state index contributed by atoms with van der Waals surface area (Å²) < 4.78 is 29.0. The first kappa shape index (κ1) is 24.7. The molecule has 3 aromatic rings. The second-order valence-electron chi connectivity index (χ2n) is 8.37. The third-order valence-corrected chi connectivity index (χ3v) is 4.65. The highest BCUT2D eigenvalue weighted by atomic mass is 16.5. The number of hydrogen-bond acceptors (Lipinski definition) is 6. The number of benzene rings is 2. The lowest BCUT2D eigenvalue weighted by Crippen LogP contribution is -2.07. The molecule has 6 heteroatoms. The van der Waals surface area contributed by atoms with Gasteiger partial charge in [-0.2, -0.15) is 0 Å². The van der Waals surface area contributed by atoms with Gasteiger partial charge in [-0.3, -0.25) is 4.79 Å². The lowest BCUT2D eigenvalue weighted by Gasteiger charge is -2.14. The Labute approximate surface area is 199 Å². The van der Waals surface area contributed by atoms with Crippen LogP contribution in [0.15, 0.2) is 82.1 Å². The van der Waals surface area contributed by atoms with Gasteiger partial charge in [0.05, 0.1) is 7.11 Å². The largest absolute Gasteiger partial charge is 0.493 e. The molecule has 0 aliphatic rings. The van der Waals surface area contributed by atoms with E-state index in [1.165, 1.54) is 6.07 Å². The molecule has 1 aromatic heterocycles. The van der Waals surface area contributed by atoms with Crippen molar-refractivity contribution < 1.29 is 23.4 Å². The fraction of sp³-hybridized carbons (Fsp3) is 0.250. The lowest BCUT2D eigenvalue weighted by atomic mass is 10.1. The average Bonchev–Trinajstić information content (AvgIpc) is 2.79. The minimum absolute atomic E-state index is 0.236. The van der Waals surface area contributed by atoms with E-state index in [1.807, 2.05) is 20.8 Å². The molecule has 0 saturated heterocycles. The van der Waals surface area contributed by atoms with Crippen LogP contribution in [0.1, 0.15) is 20.8 Å². The molecule has 0 aliphatic heterocycles. The minimum Gasteiger partial charge on any atom is -0.493 e. The highest BCUT2D eigenvalue weighted by molar-refractivity contribution is 5.86. The molecule has 0 atom stereocenters. The Morgan fingerprint density at radius 1 is 0.794 bits per heavy atom. The normalized spacial score (nSPS) is 10.6. The van der Waals surface area contributed by atoms with E-state index in [2.05, 4.69) is 19.7 Å². The molecule has 3 rings (SSSR count). The van der Waals surface area contributed by atoms with Crippen LogP contribution in [0.2, 0.25) is 0 Å². The minimum atomic E-state index is -0.236. The molecule has 6 nitrogen and oxygen atoms in total. The second-order valence-corrected chi connectivity index (χ2v) is 8.37. The Morgan fingerprint density at radius 2 is 1.41 bits per heavy atom. The van der Waals surface area contributed by atoms with E-state index in [-0.39, 0.29) is 12.0 Å². The monoisotopic (exact) mass is 462 g/mol. The van der Waals surface area contributed by atoms with Crippen molar-refractivity contribution in [3.8, 4) is 34.3 Å². The number of fused-ring (bicyclic) bond motifs is 1. The van der Waals surface area contributed by atoms with Gasteiger partial charge in [0, 0.05) is 23.8 Å². The fourth-order valence-electron chi connectivity index (χ4n) is 3.12. The van der Waals surface area contributed by atoms with Crippen LogP contribution in [-0.4, -0.2) is 26.9 Å². The molecule has 1 heterocycles. The first-order chi connectivity index (χ1) is 16.2. The SMILES string of the molecule is C=C(C)COc1cc(OCC(=C)C)c2c(=O)cc(-c3ccc(OC)c(OCC(=C)C)c3)oc2c1. The van der Waals surface area contributed by atoms with Crippen LogP contribution in [0.25, 0.3) is 22.3 Å². The second kappa shape index (κ2) is 10.8. The average molecular weight is 463 g/mol. The Balaban J connectivity index is 2.11. The Bertz CT molecular complexity index is 1300. The molecular weight excluding hydrogens is 432 g/mol. The lowest BCUT2D eigenvalue weighted by molar-refractivity contribution is 0.320. The van der Waals surface area contributed by atoms with E-state index in [0.29, 0.717) is 58.5 Å². The van der Waals surface area contributed by atoms with Crippen LogP contribution in [0, 0.1) is 0 Å². The predicted octanol–water partition coefficient (Wildman–Crippen LogP) is 6.33. The van der Waals surface area contributed by atoms with Crippen LogP contribution in [0.3, 0.4) is 0 Å². The van der Waals surface area contributed by atoms with Crippen molar-refractivity contribution in [1.29, 1.82) is 0 Å². The first-order valence-corrected chi connectivity index (χ1v) is 10.8. The van der Waals surface area contributed by atoms with Gasteiger partial charge >= 0.3 is 0 Å². The topological polar surface area (TPSA) is 67.1 Å². The Kier molecular flexibility index (Phi) is 7.84. The van der Waals surface area contributed by atoms with Crippen molar-refractivity contribution in [2.45, 2.75) is 20.8 Å². The third-order valence-electron chi connectivity index (χ3n) is 4.65. The van der Waals surface area contributed by atoms with Gasteiger partial charge in [-0.1, -0.05) is 19.7 Å². The molecule has 2 aromatic carbocycles. The van der Waals surface area contributed by atoms with Gasteiger partial charge in [0.15, 0.2) is 16.9 Å². The van der Waals surface area contributed by atoms with E-state index in [0.717, 1.165) is 16.7 Å². The van der Waals surface area contributed by atoms with E-state index >= 15 is 0 Å². The molecule has 0 N–H and O–H groups in total. The predicted molar refractivity (Wildman–Crippen MR) is 135 cm³/mol. The molecule has 0 aliphatic carbocycles. The fourth-order valence-corrected chi connectivity index (χ4v) is 3.12. The third kappa shape index (κ3) is 6.10. The molecule has 0 spiro atoms. The van der Waals surface area contributed by atoms with E-state index in [4.69, 9.17) is 23.4 Å². The summed E-state index contributed by atoms with van der Waals surface area (Å²) in [7, 11) is 1.57. The van der Waals surface area contributed by atoms with Crippen LogP contribution in [0.4, 0.5) is 0 Å². The van der Waals surface area contributed by atoms with Crippen molar-refractivity contribution in [3.63, 3.8) is 0 Å². The summed E-state index contributed by atoms with van der Waals surface area (Å²) in [5, 5.41) is 0.333. The summed E-state index contributed by atoms with van der Waals surface area (Å²) in [6, 6.07) is 10.1. The molecule has 0 amide bonds. The van der Waals surface area contributed by atoms with Gasteiger partial charge < -0.3 is 23.4 Å². The molecule has 178 valence electrons. The molecule has 34 heavy (non-hydrogen) atoms. The van der Waals surface area contributed by atoms with Crippen molar-refractivity contribution in [1.82, 2.24) is 0 Å². The Hall–Kier alpha value is -3.93. The van der Waals surface area contributed by atoms with Gasteiger partial charge in [-0.05, 0) is 55.7 Å². The van der Waals surface area contributed by atoms with Crippen molar-refractivity contribution in [3.05, 3.63) is 83.1 Å². The Morgan fingerprint density at radius 3 is 2.03 bits per heavy atom. The maximum Gasteiger partial charge on any atom is 0.197 e. The van der Waals surface area contributed by atoms with Crippen molar-refractivity contribution >= 4 is 11.0 Å². The number of rotatable bonds is 11. The van der Waals surface area contributed by atoms with E-state index in [1.54, 1.807) is 37.4 Å². The van der Waals surface area contributed by atoms with Gasteiger partial charge in [0.25, 0.3) is 0 Å². The smallest absolute Gasteiger partial charge is 0.197 e. The maximum absolute atomic E-state index is 13.2. The van der Waals surface area contributed by atoms with Gasteiger partial charge in [0.1, 0.15) is 48.0 Å². The standard InChI is InChI=1S/C28H30O6/c1-17(2)14-31-21-11-26(33-16-19(5)6)28-22(29)13-24(34-27(28)12-21)20-8-9-23(30-7)25(10-20)32-15-18(3)4/h8-13H,1,3,5,14-16H2,2,4,6-7H3. The molecule has 0 fully saturated rings. The molecular formula is C28H30O6. The van der Waals surface area contributed by atoms with Crippen molar-refractivity contribution in [2.75, 3.05) is 26.9 Å². The summed E-state index contributed by atoms with van der Waals surface area (Å²) in [6.07, 6.45) is 0. The molecule has 0 bridgehead atoms. The van der Waals surface area contributed by atoms with Gasteiger partial charge in [-0.25, -0.2) is 0 Å². The maximum atomic E-state index is 13.2. The van der Waals surface area contributed by atoms with Gasteiger partial charge in [0.2, 0.25) is 0 Å². The summed E-state index contributed by atoms with van der Waals surface area (Å²) in [5.41, 5.74) is 3.32. The van der Waals surface area contributed by atoms with E-state index in [9.17, 15) is 4.79 Å². The first-order valence-electron chi connectivity index (χ1n) is 10.8. The zero-order chi connectivity index (χ0) is 24.8. The summed E-state index contributed by atoms with van der Waals surface area (Å²) in [5.74, 6) is 2.35. The van der Waals surface area contributed by atoms with Crippen LogP contribution < -0.4 is 24.4 Å². The molecule has 0 unspecified atom stereocenters. The molecule has 0 radical (unpaired) electrons.